The standard InChI is InChI=1S/C21H21NO6/c1-21(2,3)28-20(26)22-17(19(24)25)12-8-9-16-15(10-12)18(23)14-7-5-4-6-13(14)11-27-16/h4-10,17H,11H2,1-3H3,(H,22,26)(H,24,25)/t17-/m0/s1. The summed E-state index contributed by atoms with van der Waals surface area (Å²) in [6, 6.07) is 10.2. The number of amides is 1. The molecule has 7 heteroatoms. The third-order valence-corrected chi connectivity index (χ3v) is 4.13. The molecule has 28 heavy (non-hydrogen) atoms. The summed E-state index contributed by atoms with van der Waals surface area (Å²) in [6.45, 7) is 5.28. The number of fused-ring (bicyclic) bond motifs is 2. The molecular weight excluding hydrogens is 362 g/mol. The van der Waals surface area contributed by atoms with Crippen LogP contribution in [-0.4, -0.2) is 28.6 Å². The van der Waals surface area contributed by atoms with E-state index in [9.17, 15) is 19.5 Å². The first-order chi connectivity index (χ1) is 13.2. The van der Waals surface area contributed by atoms with Gasteiger partial charge in [0.1, 0.15) is 18.0 Å². The predicted molar refractivity (Wildman–Crippen MR) is 100 cm³/mol. The third-order valence-electron chi connectivity index (χ3n) is 4.13. The molecule has 1 heterocycles. The highest BCUT2D eigenvalue weighted by atomic mass is 16.6. The second-order valence-corrected chi connectivity index (χ2v) is 7.45. The summed E-state index contributed by atoms with van der Waals surface area (Å²) in [6.07, 6.45) is -0.859. The summed E-state index contributed by atoms with van der Waals surface area (Å²) in [5.41, 5.74) is 0.986. The fourth-order valence-electron chi connectivity index (χ4n) is 2.91. The van der Waals surface area contributed by atoms with E-state index in [-0.39, 0.29) is 23.5 Å². The van der Waals surface area contributed by atoms with Gasteiger partial charge in [-0.25, -0.2) is 9.59 Å². The van der Waals surface area contributed by atoms with Crippen LogP contribution in [0.2, 0.25) is 0 Å². The minimum Gasteiger partial charge on any atom is -0.488 e. The van der Waals surface area contributed by atoms with Gasteiger partial charge in [-0.1, -0.05) is 30.3 Å². The largest absolute Gasteiger partial charge is 0.488 e. The Morgan fingerprint density at radius 1 is 1.14 bits per heavy atom. The molecule has 0 spiro atoms. The van der Waals surface area contributed by atoms with E-state index >= 15 is 0 Å². The Kier molecular flexibility index (Phi) is 5.09. The number of ether oxygens (including phenoxy) is 2. The van der Waals surface area contributed by atoms with E-state index in [0.717, 1.165) is 5.56 Å². The average Bonchev–Trinajstić information content (AvgIpc) is 2.75. The van der Waals surface area contributed by atoms with Crippen molar-refractivity contribution < 1.29 is 29.0 Å². The Bertz CT molecular complexity index is 944. The maximum absolute atomic E-state index is 12.9. The topological polar surface area (TPSA) is 102 Å². The van der Waals surface area contributed by atoms with Gasteiger partial charge >= 0.3 is 12.1 Å². The molecule has 2 aromatic carbocycles. The van der Waals surface area contributed by atoms with Crippen LogP contribution in [0.3, 0.4) is 0 Å². The predicted octanol–water partition coefficient (Wildman–Crippen LogP) is 3.46. The van der Waals surface area contributed by atoms with E-state index in [1.165, 1.54) is 12.1 Å². The molecule has 1 amide bonds. The minimum atomic E-state index is -1.37. The monoisotopic (exact) mass is 383 g/mol. The first-order valence-electron chi connectivity index (χ1n) is 8.77. The molecule has 0 radical (unpaired) electrons. The molecule has 0 saturated heterocycles. The lowest BCUT2D eigenvalue weighted by molar-refractivity contribution is -0.139. The van der Waals surface area contributed by atoms with Crippen LogP contribution in [0, 0.1) is 0 Å². The number of benzene rings is 2. The molecule has 0 aliphatic carbocycles. The molecule has 7 nitrogen and oxygen atoms in total. The van der Waals surface area contributed by atoms with Crippen molar-refractivity contribution in [3.05, 3.63) is 64.7 Å². The quantitative estimate of drug-likeness (QED) is 0.842. The zero-order chi connectivity index (χ0) is 20.5. The maximum Gasteiger partial charge on any atom is 0.408 e. The molecule has 0 saturated carbocycles. The molecule has 0 aromatic heterocycles. The molecule has 2 N–H and O–H groups in total. The molecule has 3 rings (SSSR count). The van der Waals surface area contributed by atoms with Gasteiger partial charge in [-0.15, -0.1) is 0 Å². The highest BCUT2D eigenvalue weighted by Crippen LogP contribution is 2.31. The Hall–Kier alpha value is -3.35. The number of aliphatic carboxylic acids is 1. The number of carbonyl (C=O) groups is 3. The van der Waals surface area contributed by atoms with Gasteiger partial charge in [0, 0.05) is 11.1 Å². The molecule has 1 aliphatic rings. The number of hydrogen-bond donors (Lipinski definition) is 2. The molecule has 2 aromatic rings. The lowest BCUT2D eigenvalue weighted by Crippen LogP contribution is -2.38. The fourth-order valence-corrected chi connectivity index (χ4v) is 2.91. The molecule has 0 unspecified atom stereocenters. The summed E-state index contributed by atoms with van der Waals surface area (Å²) in [4.78, 5) is 36.7. The summed E-state index contributed by atoms with van der Waals surface area (Å²) < 4.78 is 10.8. The number of carboxylic acid groups (broad SMARTS) is 1. The minimum absolute atomic E-state index is 0.243. The molecule has 0 fully saturated rings. The van der Waals surface area contributed by atoms with Crippen molar-refractivity contribution in [2.75, 3.05) is 0 Å². The number of hydrogen-bond acceptors (Lipinski definition) is 5. The van der Waals surface area contributed by atoms with Crippen molar-refractivity contribution in [3.8, 4) is 5.75 Å². The Balaban J connectivity index is 1.94. The molecular formula is C21H21NO6. The lowest BCUT2D eigenvalue weighted by atomic mass is 9.96. The Morgan fingerprint density at radius 3 is 2.54 bits per heavy atom. The van der Waals surface area contributed by atoms with Crippen molar-refractivity contribution in [1.29, 1.82) is 0 Å². The number of ketones is 1. The number of carbonyl (C=O) groups excluding carboxylic acids is 2. The fraction of sp³-hybridized carbons (Fsp3) is 0.286. The van der Waals surface area contributed by atoms with E-state index in [4.69, 9.17) is 9.47 Å². The molecule has 146 valence electrons. The number of rotatable bonds is 3. The highest BCUT2D eigenvalue weighted by Gasteiger charge is 2.28. The SMILES string of the molecule is CC(C)(C)OC(=O)N[C@H](C(=O)O)c1ccc2c(c1)C(=O)c1ccccc1CO2. The van der Waals surface area contributed by atoms with Crippen molar-refractivity contribution in [2.45, 2.75) is 39.0 Å². The van der Waals surface area contributed by atoms with Crippen LogP contribution in [0.5, 0.6) is 5.75 Å². The average molecular weight is 383 g/mol. The van der Waals surface area contributed by atoms with Crippen LogP contribution in [0.15, 0.2) is 42.5 Å². The van der Waals surface area contributed by atoms with Gasteiger partial charge in [0.2, 0.25) is 0 Å². The summed E-state index contributed by atoms with van der Waals surface area (Å²) in [7, 11) is 0. The summed E-state index contributed by atoms with van der Waals surface area (Å²) in [5, 5.41) is 11.9. The normalized spacial score (nSPS) is 14.0. The van der Waals surface area contributed by atoms with Gasteiger partial charge < -0.3 is 19.9 Å². The first kappa shape index (κ1) is 19.4. The number of alkyl carbamates (subject to hydrolysis) is 1. The summed E-state index contributed by atoms with van der Waals surface area (Å²) in [5.74, 6) is -1.16. The third kappa shape index (κ3) is 4.14. The van der Waals surface area contributed by atoms with Gasteiger partial charge in [0.15, 0.2) is 11.8 Å². The van der Waals surface area contributed by atoms with Crippen LogP contribution in [0.4, 0.5) is 4.79 Å². The van der Waals surface area contributed by atoms with Crippen molar-refractivity contribution >= 4 is 17.8 Å². The summed E-state index contributed by atoms with van der Waals surface area (Å²) >= 11 is 0. The Labute approximate surface area is 162 Å². The van der Waals surface area contributed by atoms with Crippen LogP contribution < -0.4 is 10.1 Å². The highest BCUT2D eigenvalue weighted by molar-refractivity contribution is 6.12. The van der Waals surface area contributed by atoms with Gasteiger partial charge in [0.25, 0.3) is 0 Å². The Morgan fingerprint density at radius 2 is 1.86 bits per heavy atom. The number of carboxylic acids is 1. The second-order valence-electron chi connectivity index (χ2n) is 7.45. The van der Waals surface area contributed by atoms with E-state index in [1.807, 2.05) is 12.1 Å². The van der Waals surface area contributed by atoms with E-state index in [2.05, 4.69) is 5.32 Å². The zero-order valence-corrected chi connectivity index (χ0v) is 15.8. The first-order valence-corrected chi connectivity index (χ1v) is 8.77. The van der Waals surface area contributed by atoms with Gasteiger partial charge in [-0.3, -0.25) is 4.79 Å². The zero-order valence-electron chi connectivity index (χ0n) is 15.8. The van der Waals surface area contributed by atoms with Gasteiger partial charge in [0.05, 0.1) is 5.56 Å². The molecule has 0 bridgehead atoms. The number of nitrogens with one attached hydrogen (secondary N) is 1. The van der Waals surface area contributed by atoms with E-state index in [0.29, 0.717) is 11.3 Å². The van der Waals surface area contributed by atoms with Crippen molar-refractivity contribution in [3.63, 3.8) is 0 Å². The van der Waals surface area contributed by atoms with Crippen molar-refractivity contribution in [2.24, 2.45) is 0 Å². The second kappa shape index (κ2) is 7.34. The van der Waals surface area contributed by atoms with Crippen LogP contribution in [0.25, 0.3) is 0 Å². The lowest BCUT2D eigenvalue weighted by Gasteiger charge is -2.22. The smallest absolute Gasteiger partial charge is 0.408 e. The van der Waals surface area contributed by atoms with Gasteiger partial charge in [-0.2, -0.15) is 0 Å². The van der Waals surface area contributed by atoms with E-state index in [1.54, 1.807) is 39.0 Å². The van der Waals surface area contributed by atoms with Gasteiger partial charge in [-0.05, 0) is 38.5 Å². The van der Waals surface area contributed by atoms with E-state index < -0.39 is 23.7 Å². The molecule has 1 atom stereocenters. The van der Waals surface area contributed by atoms with Crippen molar-refractivity contribution in [1.82, 2.24) is 5.32 Å². The molecule has 1 aliphatic heterocycles. The van der Waals surface area contributed by atoms with Crippen LogP contribution >= 0.6 is 0 Å². The van der Waals surface area contributed by atoms with Crippen LogP contribution in [0.1, 0.15) is 53.9 Å². The van der Waals surface area contributed by atoms with Crippen LogP contribution in [-0.2, 0) is 16.1 Å². The maximum atomic E-state index is 12.9.